The average molecular weight is 514 g/mol. The number of hydrogen-bond donors (Lipinski definition) is 4. The Kier molecular flexibility index (Phi) is 14.3. The van der Waals surface area contributed by atoms with Crippen LogP contribution in [-0.4, -0.2) is 91.9 Å². The van der Waals surface area contributed by atoms with Gasteiger partial charge in [0, 0.05) is 25.8 Å². The van der Waals surface area contributed by atoms with Gasteiger partial charge in [-0.15, -0.1) is 0 Å². The number of ether oxygens (including phenoxy) is 2. The molecule has 0 bridgehead atoms. The number of likely N-dealkylation sites (tertiary alicyclic amines) is 1. The largest absolute Gasteiger partial charge is 0.379 e. The van der Waals surface area contributed by atoms with Crippen molar-refractivity contribution in [2.75, 3.05) is 39.5 Å². The summed E-state index contributed by atoms with van der Waals surface area (Å²) >= 11 is 0. The molecule has 6 amide bonds. The summed E-state index contributed by atoms with van der Waals surface area (Å²) < 4.78 is 10.7. The summed E-state index contributed by atoms with van der Waals surface area (Å²) in [6.07, 6.45) is 1.29. The van der Waals surface area contributed by atoms with Gasteiger partial charge in [-0.2, -0.15) is 0 Å². The first-order valence-corrected chi connectivity index (χ1v) is 12.1. The van der Waals surface area contributed by atoms with E-state index in [1.54, 1.807) is 13.8 Å². The lowest BCUT2D eigenvalue weighted by Crippen LogP contribution is -2.53. The van der Waals surface area contributed by atoms with Gasteiger partial charge in [-0.3, -0.25) is 28.9 Å². The van der Waals surface area contributed by atoms with Gasteiger partial charge < -0.3 is 31.2 Å². The Hall–Kier alpha value is -3.06. The molecule has 2 atom stereocenters. The molecule has 0 unspecified atom stereocenters. The van der Waals surface area contributed by atoms with E-state index in [0.29, 0.717) is 12.8 Å². The van der Waals surface area contributed by atoms with E-state index >= 15 is 0 Å². The zero-order valence-corrected chi connectivity index (χ0v) is 21.3. The van der Waals surface area contributed by atoms with E-state index in [-0.39, 0.29) is 88.2 Å². The highest BCUT2D eigenvalue weighted by Crippen LogP contribution is 2.10. The van der Waals surface area contributed by atoms with E-state index in [9.17, 15) is 28.8 Å². The summed E-state index contributed by atoms with van der Waals surface area (Å²) in [5.41, 5.74) is 5.01. The van der Waals surface area contributed by atoms with Crippen LogP contribution in [0, 0.1) is 5.92 Å². The highest BCUT2D eigenvalue weighted by atomic mass is 16.5. The molecule has 1 heterocycles. The predicted molar refractivity (Wildman–Crippen MR) is 128 cm³/mol. The normalized spacial score (nSPS) is 15.1. The second-order valence-corrected chi connectivity index (χ2v) is 8.81. The molecule has 0 saturated carbocycles. The molecule has 5 N–H and O–H groups in total. The number of carbonyl (C=O) groups is 6. The highest BCUT2D eigenvalue weighted by molar-refractivity contribution is 6.01. The molecule has 0 spiro atoms. The third kappa shape index (κ3) is 12.1. The van der Waals surface area contributed by atoms with E-state index < -0.39 is 24.0 Å². The number of nitrogens with one attached hydrogen (secondary N) is 3. The number of nitrogens with zero attached hydrogens (tertiary/aromatic N) is 1. The molecule has 13 heteroatoms. The van der Waals surface area contributed by atoms with Crippen LogP contribution in [0.1, 0.15) is 52.9 Å². The van der Waals surface area contributed by atoms with Crippen molar-refractivity contribution in [3.8, 4) is 0 Å². The van der Waals surface area contributed by atoms with E-state index in [4.69, 9.17) is 15.2 Å². The number of urea groups is 1. The standard InChI is InChI=1S/C23H39N5O8/c1-15(2)21(22(33)26-17(16(3)29)5-4-9-25-23(24)34)27-18(30)8-11-35-13-14-36-12-10-28-19(31)6-7-20(28)32/h15,17,21H,4-14H2,1-3H3,(H,26,33)(H,27,30)(H3,24,25,34)/t17-,21-/m0/s1. The zero-order valence-electron chi connectivity index (χ0n) is 21.3. The van der Waals surface area contributed by atoms with Crippen molar-refractivity contribution in [1.29, 1.82) is 0 Å². The number of hydrogen-bond acceptors (Lipinski definition) is 8. The van der Waals surface area contributed by atoms with Crippen LogP contribution in [0.5, 0.6) is 0 Å². The van der Waals surface area contributed by atoms with Gasteiger partial charge >= 0.3 is 6.03 Å². The Labute approximate surface area is 211 Å². The number of amides is 6. The van der Waals surface area contributed by atoms with E-state index in [1.165, 1.54) is 11.8 Å². The molecule has 13 nitrogen and oxygen atoms in total. The fourth-order valence-corrected chi connectivity index (χ4v) is 3.45. The Morgan fingerprint density at radius 1 is 0.972 bits per heavy atom. The third-order valence-electron chi connectivity index (χ3n) is 5.50. The minimum Gasteiger partial charge on any atom is -0.379 e. The molecular weight excluding hydrogens is 474 g/mol. The van der Waals surface area contributed by atoms with Gasteiger partial charge in [-0.1, -0.05) is 13.8 Å². The molecule has 0 aromatic rings. The summed E-state index contributed by atoms with van der Waals surface area (Å²) in [5, 5.41) is 7.77. The molecule has 1 fully saturated rings. The molecule has 0 radical (unpaired) electrons. The first-order chi connectivity index (χ1) is 17.0. The second kappa shape index (κ2) is 16.6. The Morgan fingerprint density at radius 2 is 1.58 bits per heavy atom. The average Bonchev–Trinajstić information content (AvgIpc) is 3.12. The molecule has 1 aliphatic heterocycles. The summed E-state index contributed by atoms with van der Waals surface area (Å²) in [7, 11) is 0. The summed E-state index contributed by atoms with van der Waals surface area (Å²) in [6, 6.07) is -2.23. The smallest absolute Gasteiger partial charge is 0.312 e. The summed E-state index contributed by atoms with van der Waals surface area (Å²) in [4.78, 5) is 71.9. The maximum absolute atomic E-state index is 12.7. The molecule has 36 heavy (non-hydrogen) atoms. The molecule has 0 aromatic heterocycles. The van der Waals surface area contributed by atoms with Gasteiger partial charge in [0.1, 0.15) is 6.04 Å². The maximum atomic E-state index is 12.7. The minimum absolute atomic E-state index is 0.0300. The Balaban J connectivity index is 2.29. The van der Waals surface area contributed by atoms with Crippen molar-refractivity contribution in [2.45, 2.75) is 65.0 Å². The lowest BCUT2D eigenvalue weighted by atomic mass is 10.0. The third-order valence-corrected chi connectivity index (χ3v) is 5.50. The van der Waals surface area contributed by atoms with Crippen molar-refractivity contribution in [2.24, 2.45) is 11.7 Å². The van der Waals surface area contributed by atoms with Crippen LogP contribution in [0.15, 0.2) is 0 Å². The molecule has 0 aliphatic carbocycles. The number of nitrogens with two attached hydrogens (primary N) is 1. The van der Waals surface area contributed by atoms with Gasteiger partial charge in [0.15, 0.2) is 5.78 Å². The molecular formula is C23H39N5O8. The number of imide groups is 1. The van der Waals surface area contributed by atoms with Gasteiger partial charge in [-0.05, 0) is 25.7 Å². The highest BCUT2D eigenvalue weighted by Gasteiger charge is 2.28. The predicted octanol–water partition coefficient (Wildman–Crippen LogP) is -0.778. The first kappa shape index (κ1) is 31.0. The van der Waals surface area contributed by atoms with Crippen molar-refractivity contribution in [3.05, 3.63) is 0 Å². The molecule has 1 aliphatic rings. The van der Waals surface area contributed by atoms with Gasteiger partial charge in [-0.25, -0.2) is 4.79 Å². The zero-order chi connectivity index (χ0) is 27.1. The van der Waals surface area contributed by atoms with Crippen LogP contribution in [0.2, 0.25) is 0 Å². The van der Waals surface area contributed by atoms with Gasteiger partial charge in [0.25, 0.3) is 0 Å². The fourth-order valence-electron chi connectivity index (χ4n) is 3.45. The lowest BCUT2D eigenvalue weighted by Gasteiger charge is -2.24. The molecule has 1 rings (SSSR count). The Morgan fingerprint density at radius 3 is 2.14 bits per heavy atom. The van der Waals surface area contributed by atoms with Crippen molar-refractivity contribution in [1.82, 2.24) is 20.9 Å². The van der Waals surface area contributed by atoms with Crippen LogP contribution < -0.4 is 21.7 Å². The van der Waals surface area contributed by atoms with Crippen molar-refractivity contribution < 1.29 is 38.2 Å². The monoisotopic (exact) mass is 513 g/mol. The van der Waals surface area contributed by atoms with E-state index in [2.05, 4.69) is 16.0 Å². The molecule has 204 valence electrons. The topological polar surface area (TPSA) is 186 Å². The SMILES string of the molecule is CC(=O)[C@H](CCCNC(N)=O)NC(=O)[C@@H](NC(=O)CCOCCOCCN1C(=O)CCC1=O)C(C)C. The molecule has 1 saturated heterocycles. The van der Waals surface area contributed by atoms with Gasteiger partial charge in [0.05, 0.1) is 39.0 Å². The van der Waals surface area contributed by atoms with Crippen molar-refractivity contribution in [3.63, 3.8) is 0 Å². The van der Waals surface area contributed by atoms with Crippen molar-refractivity contribution >= 4 is 35.4 Å². The maximum Gasteiger partial charge on any atom is 0.312 e. The second-order valence-electron chi connectivity index (χ2n) is 8.81. The Bertz CT molecular complexity index is 772. The number of primary amides is 1. The molecule has 0 aromatic carbocycles. The number of carbonyl (C=O) groups excluding carboxylic acids is 6. The lowest BCUT2D eigenvalue weighted by molar-refractivity contribution is -0.139. The number of Topliss-reactive ketones (excluding diaryl/α,β-unsaturated/α-hetero) is 1. The summed E-state index contributed by atoms with van der Waals surface area (Å²) in [5.74, 6) is -1.67. The fraction of sp³-hybridized carbons (Fsp3) is 0.739. The van der Waals surface area contributed by atoms with Crippen LogP contribution in [0.4, 0.5) is 4.79 Å². The van der Waals surface area contributed by atoms with Crippen LogP contribution in [0.3, 0.4) is 0 Å². The minimum atomic E-state index is -0.831. The van der Waals surface area contributed by atoms with Gasteiger partial charge in [0.2, 0.25) is 23.6 Å². The number of ketones is 1. The van der Waals surface area contributed by atoms with Crippen LogP contribution in [0.25, 0.3) is 0 Å². The van der Waals surface area contributed by atoms with E-state index in [1.807, 2.05) is 0 Å². The summed E-state index contributed by atoms with van der Waals surface area (Å²) in [6.45, 7) is 6.23. The quantitative estimate of drug-likeness (QED) is 0.136. The van der Waals surface area contributed by atoms with Crippen LogP contribution in [-0.2, 0) is 33.4 Å². The van der Waals surface area contributed by atoms with Crippen LogP contribution >= 0.6 is 0 Å². The number of rotatable bonds is 18. The first-order valence-electron chi connectivity index (χ1n) is 12.1. The van der Waals surface area contributed by atoms with E-state index in [0.717, 1.165) is 0 Å².